The van der Waals surface area contributed by atoms with Gasteiger partial charge in [0.05, 0.1) is 6.26 Å². The number of carboxylic acid groups (broad SMARTS) is 2. The second kappa shape index (κ2) is 17.0. The van der Waals surface area contributed by atoms with E-state index in [9.17, 15) is 18.3 Å². The number of carbonyl (C=O) groups is 2. The van der Waals surface area contributed by atoms with Crippen LogP contribution < -0.4 is 16.6 Å². The lowest BCUT2D eigenvalue weighted by Gasteiger charge is -2.19. The summed E-state index contributed by atoms with van der Waals surface area (Å²) in [6.45, 7) is 7.66. The Kier molecular flexibility index (Phi) is 16.9. The second-order valence-electron chi connectivity index (χ2n) is 8.06. The Bertz CT molecular complexity index is 834. The van der Waals surface area contributed by atoms with Gasteiger partial charge in [0.25, 0.3) is 5.97 Å². The summed E-state index contributed by atoms with van der Waals surface area (Å²) in [5.41, 5.74) is 10.7. The lowest BCUT2D eigenvalue weighted by atomic mass is 9.97. The van der Waals surface area contributed by atoms with Crippen LogP contribution in [0.2, 0.25) is 0 Å². The summed E-state index contributed by atoms with van der Waals surface area (Å²) in [6, 6.07) is 7.20. The van der Waals surface area contributed by atoms with Crippen LogP contribution >= 0.6 is 0 Å². The third kappa shape index (κ3) is 19.9. The molecule has 0 fully saturated rings. The van der Waals surface area contributed by atoms with E-state index in [0.29, 0.717) is 18.9 Å². The smallest absolute Gasteiger partial charge is 0.362 e. The average Bonchev–Trinajstić information content (AvgIpc) is 2.66. The topological polar surface area (TPSA) is 198 Å². The number of nitrogens with zero attached hydrogens (tertiary/aromatic N) is 1. The van der Waals surface area contributed by atoms with E-state index in [1.165, 1.54) is 5.56 Å². The summed E-state index contributed by atoms with van der Waals surface area (Å²) in [7, 11) is -3.62. The molecule has 2 atom stereocenters. The summed E-state index contributed by atoms with van der Waals surface area (Å²) in [5, 5.41) is 27.5. The first kappa shape index (κ1) is 32.7. The van der Waals surface area contributed by atoms with Crippen LogP contribution in [0.25, 0.3) is 0 Å². The first-order valence-corrected chi connectivity index (χ1v) is 12.5. The zero-order chi connectivity index (χ0) is 26.2. The Morgan fingerprint density at radius 1 is 1.12 bits per heavy atom. The van der Waals surface area contributed by atoms with Crippen molar-refractivity contribution in [3.05, 3.63) is 35.4 Å². The normalized spacial score (nSPS) is 13.2. The van der Waals surface area contributed by atoms with Crippen molar-refractivity contribution in [3.63, 3.8) is 0 Å². The minimum absolute atomic E-state index is 0.466. The number of rotatable bonds is 10. The van der Waals surface area contributed by atoms with Gasteiger partial charge in [-0.1, -0.05) is 45.0 Å². The number of nitrogens with two attached hydrogens (primary N) is 1. The van der Waals surface area contributed by atoms with Crippen LogP contribution in [0.1, 0.15) is 64.0 Å². The number of unbranched alkanes of at least 4 members (excludes halogenated alkanes) is 1. The number of sulfonamides is 1. The standard InChI is InChI=1S/C14H21NO3S.C6H14N2O2.C2H4O2/c1-10(2)9-12-5-7-13(8-6-12)11(3)14(16)15-19(4,17)18;7-4-2-1-3-5(8)6(9)10;1-2(3)4/h5-8,10-11H,9H2,1-4H3,(H,15,16);5H,1-4,7-8H2,(H,9,10);1H3,(H,3,4)/t;5-;/m.0./s1. The Hall–Kier alpha value is -2.50. The molecule has 0 aromatic heterocycles. The highest BCUT2D eigenvalue weighted by atomic mass is 32.2. The molecular weight excluding hydrogens is 450 g/mol. The van der Waals surface area contributed by atoms with Gasteiger partial charge in [-0.15, -0.1) is 0 Å². The van der Waals surface area contributed by atoms with Gasteiger partial charge in [-0.05, 0) is 48.7 Å². The fourth-order valence-electron chi connectivity index (χ4n) is 2.46. The molecular formula is C22H39N3O7S. The first-order valence-electron chi connectivity index (χ1n) is 10.6. The summed E-state index contributed by atoms with van der Waals surface area (Å²) in [5.74, 6) is -2.25. The second-order valence-corrected chi connectivity index (χ2v) is 9.71. The number of hydrogen-bond donors (Lipinski definition) is 4. The maximum absolute atomic E-state index is 11.7. The van der Waals surface area contributed by atoms with Crippen LogP contribution in [-0.2, 0) is 26.0 Å². The van der Waals surface area contributed by atoms with E-state index in [1.807, 2.05) is 24.3 Å². The molecule has 0 heterocycles. The number of carboxylic acids is 2. The van der Waals surface area contributed by atoms with Crippen molar-refractivity contribution < 1.29 is 39.1 Å². The van der Waals surface area contributed by atoms with E-state index in [1.54, 1.807) is 6.92 Å². The van der Waals surface area contributed by atoms with Crippen molar-refractivity contribution in [2.75, 3.05) is 12.8 Å². The molecule has 33 heavy (non-hydrogen) atoms. The summed E-state index contributed by atoms with van der Waals surface area (Å²) in [6.07, 6.45) is 4.28. The maximum atomic E-state index is 11.7. The summed E-state index contributed by atoms with van der Waals surface area (Å²) >= 11 is 0. The largest absolute Gasteiger partial charge is 0.861 e. The molecule has 0 saturated carbocycles. The molecule has 0 amide bonds. The highest BCUT2D eigenvalue weighted by Gasteiger charge is 2.13. The predicted octanol–water partition coefficient (Wildman–Crippen LogP) is 0.608. The van der Waals surface area contributed by atoms with Gasteiger partial charge in [0.1, 0.15) is 0 Å². The molecule has 0 saturated heterocycles. The minimum Gasteiger partial charge on any atom is -0.861 e. The molecule has 1 aromatic rings. The molecule has 10 nitrogen and oxygen atoms in total. The quantitative estimate of drug-likeness (QED) is 0.208. The molecule has 1 unspecified atom stereocenters. The van der Waals surface area contributed by atoms with Gasteiger partial charge in [0, 0.05) is 19.3 Å². The van der Waals surface area contributed by atoms with E-state index in [4.69, 9.17) is 20.7 Å². The molecule has 0 aliphatic carbocycles. The zero-order valence-corrected chi connectivity index (χ0v) is 21.0. The number of aliphatic carboxylic acids is 2. The van der Waals surface area contributed by atoms with Gasteiger partial charge in [-0.25, -0.2) is 13.2 Å². The Morgan fingerprint density at radius 2 is 1.61 bits per heavy atom. The lowest BCUT2D eigenvalue weighted by Crippen LogP contribution is -2.64. The third-order valence-corrected chi connectivity index (χ3v) is 4.62. The molecule has 190 valence electrons. The van der Waals surface area contributed by atoms with E-state index in [2.05, 4.69) is 24.0 Å². The monoisotopic (exact) mass is 489 g/mol. The molecule has 0 aliphatic rings. The van der Waals surface area contributed by atoms with Crippen LogP contribution in [0, 0.1) is 5.92 Å². The van der Waals surface area contributed by atoms with Gasteiger partial charge < -0.3 is 26.8 Å². The van der Waals surface area contributed by atoms with E-state index in [-0.39, 0.29) is 0 Å². The molecule has 0 radical (unpaired) electrons. The number of quaternary nitrogens is 1. The van der Waals surface area contributed by atoms with Gasteiger partial charge in [0.15, 0.2) is 6.04 Å². The van der Waals surface area contributed by atoms with Crippen molar-refractivity contribution in [1.29, 1.82) is 0 Å². The van der Waals surface area contributed by atoms with Gasteiger partial charge in [-0.3, -0.25) is 4.79 Å². The van der Waals surface area contributed by atoms with Gasteiger partial charge in [0.2, 0.25) is 10.0 Å². The van der Waals surface area contributed by atoms with Crippen molar-refractivity contribution >= 4 is 27.9 Å². The minimum atomic E-state index is -3.62. The lowest BCUT2D eigenvalue weighted by molar-refractivity contribution is -0.409. The Morgan fingerprint density at radius 3 is 1.97 bits per heavy atom. The van der Waals surface area contributed by atoms with E-state index in [0.717, 1.165) is 38.0 Å². The Balaban J connectivity index is 0. The van der Waals surface area contributed by atoms with Crippen LogP contribution in [0.4, 0.5) is 0 Å². The highest BCUT2D eigenvalue weighted by molar-refractivity contribution is 7.89. The number of hydrogen-bond acceptors (Lipinski definition) is 6. The SMILES string of the molecule is CC(=O)O.CC(C)Cc1ccc(C(C)C([O-])=NS(C)(=O)=O)cc1.NCCCC[C@H]([NH3+])C(=O)O. The zero-order valence-electron chi connectivity index (χ0n) is 20.2. The van der Waals surface area contributed by atoms with Crippen LogP contribution in [0.3, 0.4) is 0 Å². The Labute approximate surface area is 196 Å². The molecule has 1 aromatic carbocycles. The summed E-state index contributed by atoms with van der Waals surface area (Å²) < 4.78 is 25.1. The highest BCUT2D eigenvalue weighted by Crippen LogP contribution is 2.18. The van der Waals surface area contributed by atoms with E-state index >= 15 is 0 Å². The molecule has 11 heteroatoms. The van der Waals surface area contributed by atoms with E-state index < -0.39 is 39.8 Å². The van der Waals surface area contributed by atoms with Crippen molar-refractivity contribution in [3.8, 4) is 0 Å². The van der Waals surface area contributed by atoms with Crippen LogP contribution in [0.5, 0.6) is 0 Å². The maximum Gasteiger partial charge on any atom is 0.362 e. The first-order chi connectivity index (χ1) is 15.1. The number of benzene rings is 1. The average molecular weight is 490 g/mol. The fraction of sp³-hybridized carbons (Fsp3) is 0.591. The fourth-order valence-corrected chi connectivity index (χ4v) is 2.94. The molecule has 1 rings (SSSR count). The van der Waals surface area contributed by atoms with Crippen molar-refractivity contribution in [2.24, 2.45) is 16.0 Å². The van der Waals surface area contributed by atoms with Gasteiger partial charge >= 0.3 is 5.97 Å². The van der Waals surface area contributed by atoms with Crippen molar-refractivity contribution in [2.45, 2.75) is 65.3 Å². The predicted molar refractivity (Wildman–Crippen MR) is 126 cm³/mol. The van der Waals surface area contributed by atoms with Gasteiger partial charge in [-0.2, -0.15) is 4.40 Å². The van der Waals surface area contributed by atoms with Crippen LogP contribution in [0.15, 0.2) is 28.7 Å². The molecule has 0 spiro atoms. The molecule has 0 bridgehead atoms. The molecule has 0 aliphatic heterocycles. The third-order valence-electron chi connectivity index (χ3n) is 4.11. The van der Waals surface area contributed by atoms with Crippen molar-refractivity contribution in [1.82, 2.24) is 0 Å². The van der Waals surface area contributed by atoms with Crippen LogP contribution in [-0.4, -0.2) is 55.3 Å². The molecule has 7 N–H and O–H groups in total. The summed E-state index contributed by atoms with van der Waals surface area (Å²) in [4.78, 5) is 19.2.